The fourth-order valence-electron chi connectivity index (χ4n) is 2.00. The molecule has 1 aromatic heterocycles. The Labute approximate surface area is 82.3 Å². The van der Waals surface area contributed by atoms with Gasteiger partial charge in [-0.25, -0.2) is 0 Å². The Morgan fingerprint density at radius 1 is 1.57 bits per heavy atom. The van der Waals surface area contributed by atoms with Gasteiger partial charge in [0, 0.05) is 36.7 Å². The van der Waals surface area contributed by atoms with E-state index in [1.807, 2.05) is 11.1 Å². The van der Waals surface area contributed by atoms with Gasteiger partial charge in [-0.3, -0.25) is 9.89 Å². The summed E-state index contributed by atoms with van der Waals surface area (Å²) in [6, 6.07) is 0. The Hall–Kier alpha value is -1.32. The van der Waals surface area contributed by atoms with Crippen LogP contribution < -0.4 is 0 Å². The van der Waals surface area contributed by atoms with Crippen LogP contribution in [0.15, 0.2) is 6.20 Å². The van der Waals surface area contributed by atoms with Crippen molar-refractivity contribution in [3.8, 4) is 0 Å². The van der Waals surface area contributed by atoms with Gasteiger partial charge in [-0.2, -0.15) is 5.10 Å². The van der Waals surface area contributed by atoms with E-state index in [0.29, 0.717) is 11.8 Å². The predicted octanol–water partition coefficient (Wildman–Crippen LogP) is 0.704. The SMILES string of the molecule is O=C(C1CC1)N1CCc2[nH]ncc2C1. The smallest absolute Gasteiger partial charge is 0.225 e. The largest absolute Gasteiger partial charge is 0.338 e. The molecular formula is C10H13N3O. The van der Waals surface area contributed by atoms with Crippen molar-refractivity contribution < 1.29 is 4.79 Å². The standard InChI is InChI=1S/C10H13N3O/c14-10(7-1-2-7)13-4-3-9-8(6-13)5-11-12-9/h5,7H,1-4,6H2,(H,11,12). The summed E-state index contributed by atoms with van der Waals surface area (Å²) in [5, 5.41) is 6.97. The predicted molar refractivity (Wildman–Crippen MR) is 50.4 cm³/mol. The molecule has 1 saturated carbocycles. The highest BCUT2D eigenvalue weighted by Crippen LogP contribution is 2.32. The molecule has 1 amide bonds. The summed E-state index contributed by atoms with van der Waals surface area (Å²) in [5.74, 6) is 0.681. The van der Waals surface area contributed by atoms with E-state index in [0.717, 1.165) is 32.4 Å². The third kappa shape index (κ3) is 1.22. The second-order valence-electron chi connectivity index (χ2n) is 4.16. The molecular weight excluding hydrogens is 178 g/mol. The molecule has 3 rings (SSSR count). The number of amides is 1. The van der Waals surface area contributed by atoms with Crippen molar-refractivity contribution in [3.63, 3.8) is 0 Å². The number of rotatable bonds is 1. The molecule has 1 aromatic rings. The number of fused-ring (bicyclic) bond motifs is 1. The molecule has 2 heterocycles. The van der Waals surface area contributed by atoms with E-state index < -0.39 is 0 Å². The van der Waals surface area contributed by atoms with Gasteiger partial charge in [0.25, 0.3) is 0 Å². The average Bonchev–Trinajstić information content (AvgIpc) is 2.95. The van der Waals surface area contributed by atoms with Crippen molar-refractivity contribution in [2.45, 2.75) is 25.8 Å². The Bertz CT molecular complexity index is 367. The number of nitrogens with zero attached hydrogens (tertiary/aromatic N) is 2. The van der Waals surface area contributed by atoms with Crippen LogP contribution in [-0.4, -0.2) is 27.5 Å². The summed E-state index contributed by atoms with van der Waals surface area (Å²) in [6.45, 7) is 1.60. The third-order valence-corrected chi connectivity index (χ3v) is 3.04. The zero-order valence-corrected chi connectivity index (χ0v) is 7.99. The Kier molecular flexibility index (Phi) is 1.63. The van der Waals surface area contributed by atoms with Crippen molar-refractivity contribution in [3.05, 3.63) is 17.5 Å². The van der Waals surface area contributed by atoms with Gasteiger partial charge in [0.2, 0.25) is 5.91 Å². The van der Waals surface area contributed by atoms with E-state index in [2.05, 4.69) is 10.2 Å². The van der Waals surface area contributed by atoms with Crippen LogP contribution in [0.4, 0.5) is 0 Å². The van der Waals surface area contributed by atoms with Crippen LogP contribution >= 0.6 is 0 Å². The lowest BCUT2D eigenvalue weighted by atomic mass is 10.1. The van der Waals surface area contributed by atoms with Gasteiger partial charge >= 0.3 is 0 Å². The maximum atomic E-state index is 11.8. The topological polar surface area (TPSA) is 49.0 Å². The quantitative estimate of drug-likeness (QED) is 0.710. The van der Waals surface area contributed by atoms with Gasteiger partial charge in [-0.1, -0.05) is 0 Å². The molecule has 0 aromatic carbocycles. The van der Waals surface area contributed by atoms with Gasteiger partial charge in [-0.05, 0) is 12.8 Å². The lowest BCUT2D eigenvalue weighted by molar-refractivity contribution is -0.133. The van der Waals surface area contributed by atoms with Crippen LogP contribution in [-0.2, 0) is 17.8 Å². The fourth-order valence-corrected chi connectivity index (χ4v) is 2.00. The second-order valence-corrected chi connectivity index (χ2v) is 4.16. The molecule has 14 heavy (non-hydrogen) atoms. The van der Waals surface area contributed by atoms with E-state index in [9.17, 15) is 4.79 Å². The summed E-state index contributed by atoms with van der Waals surface area (Å²) in [7, 11) is 0. The molecule has 4 heteroatoms. The molecule has 0 saturated heterocycles. The van der Waals surface area contributed by atoms with E-state index in [1.54, 1.807) is 0 Å². The molecule has 74 valence electrons. The van der Waals surface area contributed by atoms with Crippen LogP contribution in [0.25, 0.3) is 0 Å². The number of aromatic nitrogens is 2. The molecule has 0 radical (unpaired) electrons. The molecule has 0 spiro atoms. The molecule has 4 nitrogen and oxygen atoms in total. The van der Waals surface area contributed by atoms with Crippen LogP contribution in [0.1, 0.15) is 24.1 Å². The zero-order chi connectivity index (χ0) is 9.54. The summed E-state index contributed by atoms with van der Waals surface area (Å²) in [5.41, 5.74) is 2.38. The lowest BCUT2D eigenvalue weighted by Crippen LogP contribution is -2.36. The Morgan fingerprint density at radius 3 is 3.21 bits per heavy atom. The Balaban J connectivity index is 1.77. The monoisotopic (exact) mass is 191 g/mol. The normalized spacial score (nSPS) is 20.7. The number of hydrogen-bond donors (Lipinski definition) is 1. The van der Waals surface area contributed by atoms with Gasteiger partial charge in [0.05, 0.1) is 6.20 Å². The zero-order valence-electron chi connectivity index (χ0n) is 7.99. The summed E-state index contributed by atoms with van der Waals surface area (Å²) < 4.78 is 0. The van der Waals surface area contributed by atoms with Gasteiger partial charge in [-0.15, -0.1) is 0 Å². The van der Waals surface area contributed by atoms with Gasteiger partial charge < -0.3 is 4.90 Å². The number of nitrogens with one attached hydrogen (secondary N) is 1. The molecule has 1 aliphatic carbocycles. The van der Waals surface area contributed by atoms with Gasteiger partial charge in [0.1, 0.15) is 0 Å². The van der Waals surface area contributed by atoms with Crippen molar-refractivity contribution in [2.24, 2.45) is 5.92 Å². The first-order valence-electron chi connectivity index (χ1n) is 5.14. The third-order valence-electron chi connectivity index (χ3n) is 3.04. The Morgan fingerprint density at radius 2 is 2.43 bits per heavy atom. The minimum absolute atomic E-state index is 0.337. The van der Waals surface area contributed by atoms with Crippen LogP contribution in [0.5, 0.6) is 0 Å². The molecule has 1 aliphatic heterocycles. The molecule has 1 fully saturated rings. The minimum Gasteiger partial charge on any atom is -0.338 e. The minimum atomic E-state index is 0.337. The van der Waals surface area contributed by atoms with Crippen molar-refractivity contribution in [2.75, 3.05) is 6.54 Å². The molecule has 0 bridgehead atoms. The highest BCUT2D eigenvalue weighted by atomic mass is 16.2. The fraction of sp³-hybridized carbons (Fsp3) is 0.600. The maximum absolute atomic E-state index is 11.8. The van der Waals surface area contributed by atoms with Crippen molar-refractivity contribution >= 4 is 5.91 Å². The number of carbonyl (C=O) groups is 1. The first kappa shape index (κ1) is 8.03. The summed E-state index contributed by atoms with van der Waals surface area (Å²) in [4.78, 5) is 13.8. The lowest BCUT2D eigenvalue weighted by Gasteiger charge is -2.26. The molecule has 0 unspecified atom stereocenters. The molecule has 0 atom stereocenters. The van der Waals surface area contributed by atoms with Crippen LogP contribution in [0.2, 0.25) is 0 Å². The van der Waals surface area contributed by atoms with Crippen molar-refractivity contribution in [1.82, 2.24) is 15.1 Å². The van der Waals surface area contributed by atoms with E-state index in [1.165, 1.54) is 11.3 Å². The summed E-state index contributed by atoms with van der Waals surface area (Å²) >= 11 is 0. The first-order chi connectivity index (χ1) is 6.84. The van der Waals surface area contributed by atoms with E-state index in [-0.39, 0.29) is 0 Å². The average molecular weight is 191 g/mol. The molecule has 1 N–H and O–H groups in total. The van der Waals surface area contributed by atoms with Crippen LogP contribution in [0.3, 0.4) is 0 Å². The van der Waals surface area contributed by atoms with E-state index >= 15 is 0 Å². The number of aromatic amines is 1. The maximum Gasteiger partial charge on any atom is 0.225 e. The van der Waals surface area contributed by atoms with E-state index in [4.69, 9.17) is 0 Å². The summed E-state index contributed by atoms with van der Waals surface area (Å²) in [6.07, 6.45) is 4.94. The second kappa shape index (κ2) is 2.83. The number of carbonyl (C=O) groups excluding carboxylic acids is 1. The highest BCUT2D eigenvalue weighted by molar-refractivity contribution is 5.81. The van der Waals surface area contributed by atoms with Gasteiger partial charge in [0.15, 0.2) is 0 Å². The van der Waals surface area contributed by atoms with Crippen LogP contribution in [0, 0.1) is 5.92 Å². The number of H-pyrrole nitrogens is 1. The van der Waals surface area contributed by atoms with Crippen molar-refractivity contribution in [1.29, 1.82) is 0 Å². The first-order valence-corrected chi connectivity index (χ1v) is 5.14. The highest BCUT2D eigenvalue weighted by Gasteiger charge is 2.34. The molecule has 2 aliphatic rings. The number of hydrogen-bond acceptors (Lipinski definition) is 2.